The van der Waals surface area contributed by atoms with Crippen LogP contribution in [0.2, 0.25) is 10.0 Å². The smallest absolute Gasteiger partial charge is 0.335 e. The summed E-state index contributed by atoms with van der Waals surface area (Å²) in [5.41, 5.74) is 1.42. The topological polar surface area (TPSA) is 84.9 Å². The van der Waals surface area contributed by atoms with Crippen LogP contribution < -0.4 is 19.7 Å². The third-order valence-corrected chi connectivity index (χ3v) is 7.30. The number of hydrogen-bond acceptors (Lipinski definition) is 5. The summed E-state index contributed by atoms with van der Waals surface area (Å²) in [6.45, 7) is 2.81. The van der Waals surface area contributed by atoms with Crippen LogP contribution in [0.15, 0.2) is 84.4 Å². The van der Waals surface area contributed by atoms with Crippen molar-refractivity contribution in [3.05, 3.63) is 106 Å². The summed E-state index contributed by atoms with van der Waals surface area (Å²) in [5, 5.41) is 4.78. The monoisotopic (exact) mass is 588 g/mol. The zero-order valence-corrected chi connectivity index (χ0v) is 23.7. The first kappa shape index (κ1) is 28.2. The van der Waals surface area contributed by atoms with E-state index >= 15 is 0 Å². The van der Waals surface area contributed by atoms with Gasteiger partial charge in [-0.1, -0.05) is 72.9 Å². The molecular formula is C32H26Cl2N2O5. The van der Waals surface area contributed by atoms with E-state index in [0.29, 0.717) is 39.4 Å². The minimum Gasteiger partial charge on any atom is -0.494 e. The largest absolute Gasteiger partial charge is 0.494 e. The van der Waals surface area contributed by atoms with Crippen LogP contribution in [-0.2, 0) is 16.2 Å². The predicted molar refractivity (Wildman–Crippen MR) is 161 cm³/mol. The maximum absolute atomic E-state index is 13.6. The van der Waals surface area contributed by atoms with Gasteiger partial charge in [0.25, 0.3) is 11.8 Å². The number of nitrogens with one attached hydrogen (secondary N) is 1. The molecule has 0 atom stereocenters. The normalized spacial score (nSPS) is 14.5. The number of anilines is 1. The number of amides is 4. The van der Waals surface area contributed by atoms with Crippen LogP contribution in [0.3, 0.4) is 0 Å². The predicted octanol–water partition coefficient (Wildman–Crippen LogP) is 7.57. The number of rotatable bonds is 9. The molecule has 9 heteroatoms. The molecule has 0 aliphatic carbocycles. The Balaban J connectivity index is 1.49. The van der Waals surface area contributed by atoms with E-state index in [1.54, 1.807) is 48.5 Å². The molecule has 0 aromatic heterocycles. The molecule has 4 amide bonds. The van der Waals surface area contributed by atoms with Gasteiger partial charge in [0.1, 0.15) is 23.7 Å². The van der Waals surface area contributed by atoms with E-state index < -0.39 is 17.8 Å². The zero-order valence-electron chi connectivity index (χ0n) is 22.2. The quantitative estimate of drug-likeness (QED) is 0.124. The van der Waals surface area contributed by atoms with Crippen molar-refractivity contribution in [1.29, 1.82) is 0 Å². The van der Waals surface area contributed by atoms with E-state index in [-0.39, 0.29) is 12.2 Å². The molecule has 4 aromatic rings. The van der Waals surface area contributed by atoms with Crippen LogP contribution in [0.25, 0.3) is 16.8 Å². The number of carbonyl (C=O) groups excluding carboxylic acids is 3. The fourth-order valence-corrected chi connectivity index (χ4v) is 4.72. The third-order valence-electron chi connectivity index (χ3n) is 6.56. The Morgan fingerprint density at radius 3 is 2.41 bits per heavy atom. The van der Waals surface area contributed by atoms with Crippen molar-refractivity contribution in [2.24, 2.45) is 0 Å². The number of urea groups is 1. The van der Waals surface area contributed by atoms with E-state index in [9.17, 15) is 14.4 Å². The number of carbonyl (C=O) groups is 3. The van der Waals surface area contributed by atoms with Gasteiger partial charge in [-0.15, -0.1) is 0 Å². The number of hydrogen-bond donors (Lipinski definition) is 1. The summed E-state index contributed by atoms with van der Waals surface area (Å²) >= 11 is 12.2. The minimum atomic E-state index is -0.828. The lowest BCUT2D eigenvalue weighted by Crippen LogP contribution is -2.54. The van der Waals surface area contributed by atoms with Gasteiger partial charge in [0.2, 0.25) is 0 Å². The molecule has 1 saturated heterocycles. The molecule has 41 heavy (non-hydrogen) atoms. The van der Waals surface area contributed by atoms with E-state index in [2.05, 4.69) is 12.2 Å². The Hall–Kier alpha value is -4.33. The van der Waals surface area contributed by atoms with Gasteiger partial charge in [-0.2, -0.15) is 0 Å². The van der Waals surface area contributed by atoms with Crippen LogP contribution >= 0.6 is 23.2 Å². The van der Waals surface area contributed by atoms with Crippen LogP contribution in [-0.4, -0.2) is 24.5 Å². The zero-order chi connectivity index (χ0) is 28.9. The number of unbranched alkanes of at least 4 members (excludes halogenated alkanes) is 1. The SMILES string of the molecule is CCCCOc1ccc(N2C(=O)NC(=O)/C(=C/c3c(OCc4ccc(Cl)c(Cl)c4)ccc4ccccc34)C2=O)cc1. The molecule has 0 radical (unpaired) electrons. The minimum absolute atomic E-state index is 0.169. The van der Waals surface area contributed by atoms with Gasteiger partial charge in [0, 0.05) is 5.56 Å². The molecule has 0 saturated carbocycles. The van der Waals surface area contributed by atoms with Gasteiger partial charge in [-0.05, 0) is 71.3 Å². The van der Waals surface area contributed by atoms with E-state index in [1.807, 2.05) is 30.3 Å². The number of benzene rings is 4. The molecular weight excluding hydrogens is 563 g/mol. The van der Waals surface area contributed by atoms with E-state index in [4.69, 9.17) is 32.7 Å². The van der Waals surface area contributed by atoms with Crippen molar-refractivity contribution >= 4 is 63.6 Å². The maximum Gasteiger partial charge on any atom is 0.335 e. The fourth-order valence-electron chi connectivity index (χ4n) is 4.40. The average Bonchev–Trinajstić information content (AvgIpc) is 2.97. The first-order chi connectivity index (χ1) is 19.9. The molecule has 5 rings (SSSR count). The summed E-state index contributed by atoms with van der Waals surface area (Å²) in [7, 11) is 0. The summed E-state index contributed by atoms with van der Waals surface area (Å²) in [5.74, 6) is -0.473. The fraction of sp³-hybridized carbons (Fsp3) is 0.156. The highest BCUT2D eigenvalue weighted by molar-refractivity contribution is 6.42. The molecule has 4 aromatic carbocycles. The van der Waals surface area contributed by atoms with E-state index in [0.717, 1.165) is 34.1 Å². The Bertz CT molecular complexity index is 1670. The second-order valence-electron chi connectivity index (χ2n) is 9.39. The molecule has 1 N–H and O–H groups in total. The van der Waals surface area contributed by atoms with Crippen molar-refractivity contribution in [3.63, 3.8) is 0 Å². The highest BCUT2D eigenvalue weighted by Gasteiger charge is 2.37. The van der Waals surface area contributed by atoms with Crippen molar-refractivity contribution in [2.45, 2.75) is 26.4 Å². The van der Waals surface area contributed by atoms with E-state index in [1.165, 1.54) is 6.08 Å². The molecule has 0 unspecified atom stereocenters. The van der Waals surface area contributed by atoms with Gasteiger partial charge in [-0.3, -0.25) is 14.9 Å². The average molecular weight is 589 g/mol. The van der Waals surface area contributed by atoms with Crippen LogP contribution in [0, 0.1) is 0 Å². The lowest BCUT2D eigenvalue weighted by Gasteiger charge is -2.26. The van der Waals surface area contributed by atoms with Crippen molar-refractivity contribution < 1.29 is 23.9 Å². The van der Waals surface area contributed by atoms with Crippen LogP contribution in [0.5, 0.6) is 11.5 Å². The molecule has 208 valence electrons. The van der Waals surface area contributed by atoms with Gasteiger partial charge in [-0.25, -0.2) is 9.69 Å². The molecule has 7 nitrogen and oxygen atoms in total. The first-order valence-electron chi connectivity index (χ1n) is 13.1. The lowest BCUT2D eigenvalue weighted by molar-refractivity contribution is -0.122. The summed E-state index contributed by atoms with van der Waals surface area (Å²) in [6.07, 6.45) is 3.38. The standard InChI is InChI=1S/C32H26Cl2N2O5/c1-2-3-16-40-23-12-10-22(11-13-23)36-31(38)26(30(37)35-32(36)39)18-25-24-7-5-4-6-21(24)9-15-29(25)41-19-20-8-14-27(33)28(34)17-20/h4-15,17-18H,2-3,16,19H2,1H3,(H,35,37,39)/b26-18-. The highest BCUT2D eigenvalue weighted by atomic mass is 35.5. The summed E-state index contributed by atoms with van der Waals surface area (Å²) < 4.78 is 11.8. The molecule has 1 aliphatic heterocycles. The molecule has 1 fully saturated rings. The molecule has 0 bridgehead atoms. The Morgan fingerprint density at radius 1 is 0.878 bits per heavy atom. The summed E-state index contributed by atoms with van der Waals surface area (Å²) in [4.78, 5) is 40.3. The van der Waals surface area contributed by atoms with Gasteiger partial charge in [0.15, 0.2) is 0 Å². The Kier molecular flexibility index (Phi) is 8.57. The van der Waals surface area contributed by atoms with Crippen molar-refractivity contribution in [1.82, 2.24) is 5.32 Å². The van der Waals surface area contributed by atoms with Gasteiger partial charge < -0.3 is 9.47 Å². The highest BCUT2D eigenvalue weighted by Crippen LogP contribution is 2.33. The second-order valence-corrected chi connectivity index (χ2v) is 10.2. The first-order valence-corrected chi connectivity index (χ1v) is 13.8. The summed E-state index contributed by atoms with van der Waals surface area (Å²) in [6, 6.07) is 22.2. The second kappa shape index (κ2) is 12.5. The van der Waals surface area contributed by atoms with Crippen molar-refractivity contribution in [3.8, 4) is 11.5 Å². The Labute approximate surface area is 247 Å². The molecule has 1 aliphatic rings. The number of imide groups is 2. The third kappa shape index (κ3) is 6.21. The number of halogens is 2. The Morgan fingerprint density at radius 2 is 1.66 bits per heavy atom. The maximum atomic E-state index is 13.6. The number of nitrogens with zero attached hydrogens (tertiary/aromatic N) is 1. The molecule has 0 spiro atoms. The number of ether oxygens (including phenoxy) is 2. The van der Waals surface area contributed by atoms with Crippen molar-refractivity contribution in [2.75, 3.05) is 11.5 Å². The number of fused-ring (bicyclic) bond motifs is 1. The molecule has 1 heterocycles. The van der Waals surface area contributed by atoms with Crippen LogP contribution in [0.1, 0.15) is 30.9 Å². The lowest BCUT2D eigenvalue weighted by atomic mass is 9.99. The van der Waals surface area contributed by atoms with Crippen LogP contribution in [0.4, 0.5) is 10.5 Å². The number of barbiturate groups is 1. The van der Waals surface area contributed by atoms with Gasteiger partial charge >= 0.3 is 6.03 Å². The van der Waals surface area contributed by atoms with Gasteiger partial charge in [0.05, 0.1) is 22.3 Å².